The quantitative estimate of drug-likeness (QED) is 0.0298. The zero-order valence-corrected chi connectivity index (χ0v) is 29.5. The molecule has 0 fully saturated rings. The maximum Gasteiger partial charge on any atom is 0.306 e. The summed E-state index contributed by atoms with van der Waals surface area (Å²) in [5.41, 5.74) is 0. The largest absolute Gasteiger partial charge is 0.462 e. The van der Waals surface area contributed by atoms with E-state index in [1.807, 2.05) is 6.08 Å². The van der Waals surface area contributed by atoms with Crippen molar-refractivity contribution < 1.29 is 34.4 Å². The Morgan fingerprint density at radius 3 is 1.85 bits per heavy atom. The van der Waals surface area contributed by atoms with E-state index >= 15 is 0 Å². The predicted molar refractivity (Wildman–Crippen MR) is 189 cm³/mol. The maximum absolute atomic E-state index is 12.1. The second kappa shape index (κ2) is 32.7. The van der Waals surface area contributed by atoms with Crippen LogP contribution in [0.4, 0.5) is 0 Å². The molecule has 3 N–H and O–H groups in total. The molecule has 0 amide bonds. The number of aliphatic hydroxyl groups excluding tert-OH is 3. The monoisotopic (exact) mass is 648 g/mol. The topological polar surface area (TPSA) is 113 Å². The molecule has 0 unspecified atom stereocenters. The normalized spacial score (nSPS) is 14.2. The molecule has 0 aromatic carbocycles. The second-order valence-electron chi connectivity index (χ2n) is 12.8. The molecule has 3 atom stereocenters. The Labute approximate surface area is 281 Å². The van der Waals surface area contributed by atoms with Gasteiger partial charge in [0.05, 0.1) is 18.8 Å². The number of esters is 2. The Hall–Kier alpha value is -2.22. The van der Waals surface area contributed by atoms with E-state index in [0.29, 0.717) is 25.7 Å². The minimum absolute atomic E-state index is 0.124. The Morgan fingerprint density at radius 1 is 0.652 bits per heavy atom. The summed E-state index contributed by atoms with van der Waals surface area (Å²) < 4.78 is 10.4. The van der Waals surface area contributed by atoms with Crippen LogP contribution in [0.15, 0.2) is 48.6 Å². The van der Waals surface area contributed by atoms with Crippen LogP contribution in [-0.2, 0) is 19.1 Å². The van der Waals surface area contributed by atoms with Crippen molar-refractivity contribution in [1.82, 2.24) is 0 Å². The fourth-order valence-electron chi connectivity index (χ4n) is 4.87. The number of ether oxygens (including phenoxy) is 2. The highest BCUT2D eigenvalue weighted by Gasteiger charge is 2.16. The van der Waals surface area contributed by atoms with E-state index in [4.69, 9.17) is 9.47 Å². The molecule has 0 bridgehead atoms. The van der Waals surface area contributed by atoms with Crippen LogP contribution in [0.25, 0.3) is 0 Å². The molecule has 7 heteroatoms. The lowest BCUT2D eigenvalue weighted by Gasteiger charge is -2.16. The molecular formula is C39H68O7. The van der Waals surface area contributed by atoms with Gasteiger partial charge in [0.1, 0.15) is 6.61 Å². The van der Waals surface area contributed by atoms with Gasteiger partial charge in [-0.05, 0) is 44.4 Å². The molecule has 0 aliphatic heterocycles. The number of carbonyl (C=O) groups excluding carboxylic acids is 2. The molecule has 0 spiro atoms. The zero-order valence-electron chi connectivity index (χ0n) is 29.5. The number of aliphatic hydroxyl groups is 3. The molecule has 0 rings (SSSR count). The summed E-state index contributed by atoms with van der Waals surface area (Å²) in [6, 6.07) is 0. The first-order valence-electron chi connectivity index (χ1n) is 18.3. The summed E-state index contributed by atoms with van der Waals surface area (Å²) in [6.45, 7) is 6.16. The second-order valence-corrected chi connectivity index (χ2v) is 12.8. The van der Waals surface area contributed by atoms with Gasteiger partial charge >= 0.3 is 11.9 Å². The highest BCUT2D eigenvalue weighted by molar-refractivity contribution is 5.70. The number of unbranched alkanes of at least 4 members (excludes halogenated alkanes) is 12. The first kappa shape index (κ1) is 43.8. The van der Waals surface area contributed by atoms with Crippen molar-refractivity contribution in [1.29, 1.82) is 0 Å². The number of allylic oxidation sites excluding steroid dienone is 5. The predicted octanol–water partition coefficient (Wildman–Crippen LogP) is 8.86. The van der Waals surface area contributed by atoms with E-state index in [1.165, 1.54) is 70.6 Å². The molecule has 0 aromatic rings. The van der Waals surface area contributed by atoms with Crippen molar-refractivity contribution >= 4 is 11.9 Å². The van der Waals surface area contributed by atoms with Gasteiger partial charge in [0.25, 0.3) is 0 Å². The average Bonchev–Trinajstić information content (AvgIpc) is 3.02. The molecule has 0 saturated heterocycles. The van der Waals surface area contributed by atoms with Crippen molar-refractivity contribution in [3.63, 3.8) is 0 Å². The molecule has 0 aliphatic carbocycles. The van der Waals surface area contributed by atoms with Gasteiger partial charge in [0.15, 0.2) is 6.10 Å². The van der Waals surface area contributed by atoms with Gasteiger partial charge < -0.3 is 24.8 Å². The van der Waals surface area contributed by atoms with Crippen LogP contribution in [-0.4, -0.2) is 58.8 Å². The van der Waals surface area contributed by atoms with Crippen LogP contribution in [0.1, 0.15) is 149 Å². The van der Waals surface area contributed by atoms with Gasteiger partial charge in [0.2, 0.25) is 0 Å². The van der Waals surface area contributed by atoms with Crippen molar-refractivity contribution in [3.05, 3.63) is 48.6 Å². The van der Waals surface area contributed by atoms with Crippen molar-refractivity contribution in [2.45, 2.75) is 167 Å². The minimum Gasteiger partial charge on any atom is -0.462 e. The Kier molecular flexibility index (Phi) is 31.1. The lowest BCUT2D eigenvalue weighted by atomic mass is 10.0. The third-order valence-corrected chi connectivity index (χ3v) is 7.74. The van der Waals surface area contributed by atoms with E-state index in [-0.39, 0.29) is 19.0 Å². The molecule has 7 nitrogen and oxygen atoms in total. The third kappa shape index (κ3) is 31.7. The van der Waals surface area contributed by atoms with Gasteiger partial charge in [-0.15, -0.1) is 0 Å². The number of carbonyl (C=O) groups is 2. The fourth-order valence-corrected chi connectivity index (χ4v) is 4.87. The Bertz CT molecular complexity index is 830. The molecule has 0 aliphatic rings. The SMILES string of the molecule is CCCCC/C=C\C[C@@H](O)/C=C/C=C/C=C\[C@@H](O)CCCC(=O)OC[C@H](CO)OC(=O)CCCCCCCCCCCCC(C)C. The summed E-state index contributed by atoms with van der Waals surface area (Å²) in [7, 11) is 0. The first-order valence-corrected chi connectivity index (χ1v) is 18.3. The van der Waals surface area contributed by atoms with E-state index < -0.39 is 30.9 Å². The van der Waals surface area contributed by atoms with Gasteiger partial charge in [0, 0.05) is 12.8 Å². The van der Waals surface area contributed by atoms with Crippen molar-refractivity contribution in [3.8, 4) is 0 Å². The average molecular weight is 649 g/mol. The van der Waals surface area contributed by atoms with Crippen LogP contribution in [0.5, 0.6) is 0 Å². The van der Waals surface area contributed by atoms with Crippen LogP contribution >= 0.6 is 0 Å². The van der Waals surface area contributed by atoms with Crippen molar-refractivity contribution in [2.75, 3.05) is 13.2 Å². The number of hydrogen-bond acceptors (Lipinski definition) is 7. The molecule has 0 aromatic heterocycles. The Morgan fingerprint density at radius 2 is 1.24 bits per heavy atom. The summed E-state index contributed by atoms with van der Waals surface area (Å²) in [4.78, 5) is 24.2. The summed E-state index contributed by atoms with van der Waals surface area (Å²) in [6.07, 6.45) is 32.3. The van der Waals surface area contributed by atoms with Gasteiger partial charge in [-0.3, -0.25) is 9.59 Å². The van der Waals surface area contributed by atoms with Crippen LogP contribution in [0.2, 0.25) is 0 Å². The van der Waals surface area contributed by atoms with E-state index in [2.05, 4.69) is 26.8 Å². The minimum atomic E-state index is -0.862. The molecule has 0 radical (unpaired) electrons. The molecule has 266 valence electrons. The summed E-state index contributed by atoms with van der Waals surface area (Å²) >= 11 is 0. The van der Waals surface area contributed by atoms with E-state index in [1.54, 1.807) is 36.5 Å². The third-order valence-electron chi connectivity index (χ3n) is 7.74. The van der Waals surface area contributed by atoms with Gasteiger partial charge in [-0.25, -0.2) is 0 Å². The van der Waals surface area contributed by atoms with Crippen LogP contribution in [0, 0.1) is 5.92 Å². The number of rotatable bonds is 31. The van der Waals surface area contributed by atoms with Crippen LogP contribution in [0.3, 0.4) is 0 Å². The lowest BCUT2D eigenvalue weighted by Crippen LogP contribution is -2.28. The van der Waals surface area contributed by atoms with Gasteiger partial charge in [-0.2, -0.15) is 0 Å². The first-order chi connectivity index (χ1) is 22.3. The molecular weight excluding hydrogens is 580 g/mol. The fraction of sp³-hybridized carbons (Fsp3) is 0.744. The Balaban J connectivity index is 3.88. The molecule has 0 saturated carbocycles. The standard InChI is InChI=1S/C39H68O7/c1-4-5-6-7-15-20-26-35(41)27-21-17-18-22-28-36(42)29-24-31-38(43)45-33-37(32-40)46-39(44)30-23-16-13-11-9-8-10-12-14-19-25-34(2)3/h15,17-18,20-22,27-28,34-37,40-42H,4-14,16,19,23-26,29-33H2,1-3H3/b18-17+,20-15-,27-21+,28-22-/t35-,36-,37+/m1/s1. The maximum atomic E-state index is 12.1. The van der Waals surface area contributed by atoms with E-state index in [9.17, 15) is 24.9 Å². The summed E-state index contributed by atoms with van der Waals surface area (Å²) in [5, 5.41) is 29.6. The molecule has 0 heterocycles. The van der Waals surface area contributed by atoms with Crippen molar-refractivity contribution in [2.24, 2.45) is 5.92 Å². The van der Waals surface area contributed by atoms with Gasteiger partial charge in [-0.1, -0.05) is 146 Å². The zero-order chi connectivity index (χ0) is 34.1. The molecule has 46 heavy (non-hydrogen) atoms. The van der Waals surface area contributed by atoms with Crippen LogP contribution < -0.4 is 0 Å². The highest BCUT2D eigenvalue weighted by Crippen LogP contribution is 2.14. The smallest absolute Gasteiger partial charge is 0.306 e. The number of hydrogen-bond donors (Lipinski definition) is 3. The highest BCUT2D eigenvalue weighted by atomic mass is 16.6. The van der Waals surface area contributed by atoms with E-state index in [0.717, 1.165) is 31.6 Å². The summed E-state index contributed by atoms with van der Waals surface area (Å²) in [5.74, 6) is -0.0264. The lowest BCUT2D eigenvalue weighted by molar-refractivity contribution is -0.161.